The minimum atomic E-state index is -3.43. The Bertz CT molecular complexity index is 742. The van der Waals surface area contributed by atoms with Crippen LogP contribution in [-0.2, 0) is 23.2 Å². The average Bonchev–Trinajstić information content (AvgIpc) is 2.67. The van der Waals surface area contributed by atoms with Crippen LogP contribution < -0.4 is 0 Å². The van der Waals surface area contributed by atoms with Crippen molar-refractivity contribution in [2.24, 2.45) is 0 Å². The van der Waals surface area contributed by atoms with Crippen molar-refractivity contribution in [3.63, 3.8) is 0 Å². The third-order valence-electron chi connectivity index (χ3n) is 4.66. The smallest absolute Gasteiger partial charge is 0.195 e. The second kappa shape index (κ2) is 8.61. The first-order valence-corrected chi connectivity index (χ1v) is 10.4. The van der Waals surface area contributed by atoms with E-state index in [0.29, 0.717) is 26.2 Å². The zero-order valence-electron chi connectivity index (χ0n) is 14.5. The molecule has 1 fully saturated rings. The second-order valence-corrected chi connectivity index (χ2v) is 8.45. The van der Waals surface area contributed by atoms with Crippen molar-refractivity contribution < 1.29 is 8.42 Å². The lowest BCUT2D eigenvalue weighted by Gasteiger charge is -2.32. The number of hydrogen-bond acceptors (Lipinski definition) is 2. The molecule has 134 valence electrons. The van der Waals surface area contributed by atoms with Crippen LogP contribution in [0.3, 0.4) is 0 Å². The van der Waals surface area contributed by atoms with E-state index in [1.165, 1.54) is 0 Å². The van der Waals surface area contributed by atoms with Gasteiger partial charge in [0.05, 0.1) is 0 Å². The maximum atomic E-state index is 13.2. The summed E-state index contributed by atoms with van der Waals surface area (Å²) in [4.78, 5) is 0. The fourth-order valence-corrected chi connectivity index (χ4v) is 4.90. The maximum Gasteiger partial charge on any atom is 0.282 e. The first-order chi connectivity index (χ1) is 12.2. The summed E-state index contributed by atoms with van der Waals surface area (Å²) >= 11 is 0. The van der Waals surface area contributed by atoms with Gasteiger partial charge >= 0.3 is 0 Å². The fraction of sp³-hybridized carbons (Fsp3) is 0.400. The Morgan fingerprint density at radius 3 is 1.96 bits per heavy atom. The van der Waals surface area contributed by atoms with Crippen LogP contribution in [0.25, 0.3) is 0 Å². The van der Waals surface area contributed by atoms with E-state index in [9.17, 15) is 8.42 Å². The van der Waals surface area contributed by atoms with Crippen molar-refractivity contribution in [1.82, 2.24) is 8.61 Å². The summed E-state index contributed by atoms with van der Waals surface area (Å²) in [5.74, 6) is 0. The van der Waals surface area contributed by atoms with E-state index in [1.54, 1.807) is 8.61 Å². The molecule has 1 saturated heterocycles. The van der Waals surface area contributed by atoms with Gasteiger partial charge < -0.3 is 0 Å². The average molecular weight is 359 g/mol. The van der Waals surface area contributed by atoms with Crippen molar-refractivity contribution in [1.29, 1.82) is 0 Å². The van der Waals surface area contributed by atoms with Crippen LogP contribution >= 0.6 is 0 Å². The zero-order valence-corrected chi connectivity index (χ0v) is 15.4. The van der Waals surface area contributed by atoms with Crippen molar-refractivity contribution in [3.8, 4) is 0 Å². The van der Waals surface area contributed by atoms with E-state index in [-0.39, 0.29) is 0 Å². The van der Waals surface area contributed by atoms with Crippen LogP contribution in [0, 0.1) is 0 Å². The molecule has 0 N–H and O–H groups in total. The quantitative estimate of drug-likeness (QED) is 0.760. The molecular weight excluding hydrogens is 332 g/mol. The molecule has 0 aromatic heterocycles. The summed E-state index contributed by atoms with van der Waals surface area (Å²) in [6, 6.07) is 19.9. The van der Waals surface area contributed by atoms with Crippen LogP contribution in [0.15, 0.2) is 60.7 Å². The van der Waals surface area contributed by atoms with E-state index in [1.807, 2.05) is 60.7 Å². The Morgan fingerprint density at radius 1 is 0.800 bits per heavy atom. The SMILES string of the molecule is O=S(=O)(N1CCCCC1)N(CCc1ccccc1)Cc1ccccc1. The lowest BCUT2D eigenvalue weighted by molar-refractivity contribution is 0.300. The molecule has 1 aliphatic heterocycles. The largest absolute Gasteiger partial charge is 0.282 e. The molecule has 2 aromatic rings. The van der Waals surface area contributed by atoms with Gasteiger partial charge in [0.1, 0.15) is 0 Å². The third-order valence-corrected chi connectivity index (χ3v) is 6.64. The Kier molecular flexibility index (Phi) is 6.24. The van der Waals surface area contributed by atoms with Crippen molar-refractivity contribution >= 4 is 10.2 Å². The lowest BCUT2D eigenvalue weighted by atomic mass is 10.1. The topological polar surface area (TPSA) is 40.6 Å². The van der Waals surface area contributed by atoms with Gasteiger partial charge in [-0.2, -0.15) is 17.0 Å². The van der Waals surface area contributed by atoms with Gasteiger partial charge in [0.2, 0.25) is 0 Å². The van der Waals surface area contributed by atoms with Crippen LogP contribution in [0.2, 0.25) is 0 Å². The summed E-state index contributed by atoms with van der Waals surface area (Å²) < 4.78 is 29.6. The van der Waals surface area contributed by atoms with Crippen molar-refractivity contribution in [2.45, 2.75) is 32.2 Å². The highest BCUT2D eigenvalue weighted by atomic mass is 32.2. The predicted octanol–water partition coefficient (Wildman–Crippen LogP) is 3.46. The standard InChI is InChI=1S/C20H26N2O2S/c23-25(24,21-15-8-3-9-16-21)22(18-20-12-6-2-7-13-20)17-14-19-10-4-1-5-11-19/h1-2,4-7,10-13H,3,8-9,14-18H2. The molecule has 0 unspecified atom stereocenters. The van der Waals surface area contributed by atoms with Crippen LogP contribution in [0.5, 0.6) is 0 Å². The number of benzene rings is 2. The summed E-state index contributed by atoms with van der Waals surface area (Å²) in [6.07, 6.45) is 3.75. The molecule has 0 bridgehead atoms. The van der Waals surface area contributed by atoms with Gasteiger partial charge in [-0.3, -0.25) is 0 Å². The molecule has 0 amide bonds. The van der Waals surface area contributed by atoms with Crippen LogP contribution in [-0.4, -0.2) is 36.7 Å². The molecule has 1 heterocycles. The van der Waals surface area contributed by atoms with Crippen molar-refractivity contribution in [3.05, 3.63) is 71.8 Å². The molecule has 25 heavy (non-hydrogen) atoms. The van der Waals surface area contributed by atoms with Gasteiger partial charge in [0.25, 0.3) is 10.2 Å². The van der Waals surface area contributed by atoms with Gasteiger partial charge in [-0.1, -0.05) is 67.1 Å². The Hall–Kier alpha value is -1.69. The number of rotatable bonds is 7. The maximum absolute atomic E-state index is 13.2. The van der Waals surface area contributed by atoms with Gasteiger partial charge in [-0.25, -0.2) is 0 Å². The molecule has 2 aromatic carbocycles. The summed E-state index contributed by atoms with van der Waals surface area (Å²) in [7, 11) is -3.43. The highest BCUT2D eigenvalue weighted by Gasteiger charge is 2.30. The minimum Gasteiger partial charge on any atom is -0.195 e. The Morgan fingerprint density at radius 2 is 1.36 bits per heavy atom. The molecular formula is C20H26N2O2S. The van der Waals surface area contributed by atoms with E-state index in [4.69, 9.17) is 0 Å². The summed E-state index contributed by atoms with van der Waals surface area (Å²) in [5, 5.41) is 0. The molecule has 4 nitrogen and oxygen atoms in total. The molecule has 0 atom stereocenters. The van der Waals surface area contributed by atoms with Crippen LogP contribution in [0.4, 0.5) is 0 Å². The Balaban J connectivity index is 1.77. The van der Waals surface area contributed by atoms with E-state index in [0.717, 1.165) is 36.8 Å². The number of hydrogen-bond donors (Lipinski definition) is 0. The Labute approximate surface area is 151 Å². The third kappa shape index (κ3) is 4.91. The molecule has 1 aliphatic rings. The summed E-state index contributed by atoms with van der Waals surface area (Å²) in [5.41, 5.74) is 2.19. The summed E-state index contributed by atoms with van der Waals surface area (Å²) in [6.45, 7) is 2.20. The molecule has 0 spiro atoms. The first-order valence-electron chi connectivity index (χ1n) is 8.99. The molecule has 3 rings (SSSR count). The number of nitrogens with zero attached hydrogens (tertiary/aromatic N) is 2. The predicted molar refractivity (Wildman–Crippen MR) is 101 cm³/mol. The first kappa shape index (κ1) is 18.1. The molecule has 0 saturated carbocycles. The molecule has 5 heteroatoms. The van der Waals surface area contributed by atoms with Gasteiger partial charge in [-0.15, -0.1) is 0 Å². The highest BCUT2D eigenvalue weighted by molar-refractivity contribution is 7.86. The van der Waals surface area contributed by atoms with Gasteiger partial charge in [-0.05, 0) is 30.4 Å². The monoisotopic (exact) mass is 358 g/mol. The van der Waals surface area contributed by atoms with Gasteiger partial charge in [0.15, 0.2) is 0 Å². The van der Waals surface area contributed by atoms with Gasteiger partial charge in [0, 0.05) is 26.2 Å². The van der Waals surface area contributed by atoms with Crippen LogP contribution in [0.1, 0.15) is 30.4 Å². The van der Waals surface area contributed by atoms with E-state index >= 15 is 0 Å². The van der Waals surface area contributed by atoms with Crippen molar-refractivity contribution in [2.75, 3.05) is 19.6 Å². The zero-order chi connectivity index (χ0) is 17.5. The lowest BCUT2D eigenvalue weighted by Crippen LogP contribution is -2.46. The molecule has 0 radical (unpaired) electrons. The minimum absolute atomic E-state index is 0.423. The fourth-order valence-electron chi connectivity index (χ4n) is 3.22. The highest BCUT2D eigenvalue weighted by Crippen LogP contribution is 2.19. The second-order valence-electron chi connectivity index (χ2n) is 6.52. The molecule has 0 aliphatic carbocycles. The van der Waals surface area contributed by atoms with E-state index < -0.39 is 10.2 Å². The van der Waals surface area contributed by atoms with E-state index in [2.05, 4.69) is 0 Å². The normalized spacial score (nSPS) is 16.2. The number of piperidine rings is 1.